The Hall–Kier alpha value is -0.590. The van der Waals surface area contributed by atoms with E-state index in [1.165, 1.54) is 16.2 Å². The van der Waals surface area contributed by atoms with Crippen LogP contribution in [0.15, 0.2) is 16.8 Å². The van der Waals surface area contributed by atoms with Crippen LogP contribution in [0.25, 0.3) is 0 Å². The second-order valence-corrected chi connectivity index (χ2v) is 4.82. The minimum atomic E-state index is -4.20. The first-order valence-corrected chi connectivity index (χ1v) is 6.38. The zero-order valence-corrected chi connectivity index (χ0v) is 10.7. The van der Waals surface area contributed by atoms with Crippen LogP contribution >= 0.6 is 11.3 Å². The molecule has 0 fully saturated rings. The van der Waals surface area contributed by atoms with Crippen molar-refractivity contribution in [1.82, 2.24) is 4.90 Å². The highest BCUT2D eigenvalue weighted by Crippen LogP contribution is 2.28. The molecule has 98 valence electrons. The number of nitrogens with two attached hydrogens (primary N) is 1. The van der Waals surface area contributed by atoms with Gasteiger partial charge < -0.3 is 5.73 Å². The molecule has 2 N–H and O–H groups in total. The molecule has 17 heavy (non-hydrogen) atoms. The van der Waals surface area contributed by atoms with Gasteiger partial charge in [-0.15, -0.1) is 0 Å². The highest BCUT2D eigenvalue weighted by Gasteiger charge is 2.34. The van der Waals surface area contributed by atoms with Crippen LogP contribution in [0.3, 0.4) is 0 Å². The van der Waals surface area contributed by atoms with Crippen molar-refractivity contribution in [3.8, 4) is 0 Å². The average Bonchev–Trinajstić information content (AvgIpc) is 2.67. The summed E-state index contributed by atoms with van der Waals surface area (Å²) in [4.78, 5) is 1.37. The minimum Gasteiger partial charge on any atom is -0.326 e. The van der Waals surface area contributed by atoms with Gasteiger partial charge in [0.15, 0.2) is 0 Å². The van der Waals surface area contributed by atoms with E-state index >= 15 is 0 Å². The van der Waals surface area contributed by atoms with Gasteiger partial charge in [0.1, 0.15) is 0 Å². The Morgan fingerprint density at radius 3 is 2.47 bits per heavy atom. The van der Waals surface area contributed by atoms with Crippen LogP contribution in [-0.2, 0) is 0 Å². The molecule has 2 nitrogen and oxygen atoms in total. The minimum absolute atomic E-state index is 0.321. The SMILES string of the molecule is CCN(CC(F)(F)F)C(c1ccsc1)C(C)N. The molecule has 0 saturated heterocycles. The van der Waals surface area contributed by atoms with Crippen molar-refractivity contribution < 1.29 is 13.2 Å². The third-order valence-electron chi connectivity index (χ3n) is 2.56. The molecule has 0 bridgehead atoms. The molecule has 0 aliphatic carbocycles. The number of hydrogen-bond donors (Lipinski definition) is 1. The smallest absolute Gasteiger partial charge is 0.326 e. The normalized spacial score (nSPS) is 16.2. The van der Waals surface area contributed by atoms with Crippen molar-refractivity contribution in [1.29, 1.82) is 0 Å². The summed E-state index contributed by atoms with van der Waals surface area (Å²) in [6, 6.07) is 1.11. The number of likely N-dealkylation sites (N-methyl/N-ethyl adjacent to an activating group) is 1. The van der Waals surface area contributed by atoms with Gasteiger partial charge in [-0.3, -0.25) is 4.90 Å². The Morgan fingerprint density at radius 1 is 1.47 bits per heavy atom. The van der Waals surface area contributed by atoms with Gasteiger partial charge in [0.05, 0.1) is 12.6 Å². The zero-order valence-electron chi connectivity index (χ0n) is 9.87. The molecule has 2 atom stereocenters. The van der Waals surface area contributed by atoms with Crippen molar-refractivity contribution in [3.05, 3.63) is 22.4 Å². The van der Waals surface area contributed by atoms with Crippen molar-refractivity contribution in [3.63, 3.8) is 0 Å². The number of thiophene rings is 1. The summed E-state index contributed by atoms with van der Waals surface area (Å²) in [6.07, 6.45) is -4.20. The Morgan fingerprint density at radius 2 is 2.12 bits per heavy atom. The van der Waals surface area contributed by atoms with E-state index in [2.05, 4.69) is 0 Å². The molecule has 2 unspecified atom stereocenters. The molecule has 0 amide bonds. The second-order valence-electron chi connectivity index (χ2n) is 4.04. The van der Waals surface area contributed by atoms with E-state index in [1.54, 1.807) is 13.8 Å². The van der Waals surface area contributed by atoms with Crippen molar-refractivity contribution >= 4 is 11.3 Å². The van der Waals surface area contributed by atoms with Crippen LogP contribution in [0.4, 0.5) is 13.2 Å². The van der Waals surface area contributed by atoms with E-state index in [0.29, 0.717) is 6.54 Å². The summed E-state index contributed by atoms with van der Waals surface area (Å²) >= 11 is 1.47. The third kappa shape index (κ3) is 4.29. The molecule has 1 aromatic heterocycles. The molecule has 0 saturated carbocycles. The fourth-order valence-corrected chi connectivity index (χ4v) is 2.62. The predicted molar refractivity (Wildman–Crippen MR) is 64.0 cm³/mol. The van der Waals surface area contributed by atoms with Gasteiger partial charge >= 0.3 is 6.18 Å². The number of hydrogen-bond acceptors (Lipinski definition) is 3. The molecule has 0 spiro atoms. The molecular formula is C11H17F3N2S. The highest BCUT2D eigenvalue weighted by molar-refractivity contribution is 7.07. The maximum absolute atomic E-state index is 12.5. The van der Waals surface area contributed by atoms with Crippen LogP contribution in [0, 0.1) is 0 Å². The summed E-state index contributed by atoms with van der Waals surface area (Å²) < 4.78 is 37.4. The maximum Gasteiger partial charge on any atom is 0.401 e. The van der Waals surface area contributed by atoms with E-state index < -0.39 is 12.7 Å². The fourth-order valence-electron chi connectivity index (χ4n) is 1.93. The lowest BCUT2D eigenvalue weighted by molar-refractivity contribution is -0.151. The second kappa shape index (κ2) is 5.84. The van der Waals surface area contributed by atoms with E-state index in [-0.39, 0.29) is 12.1 Å². The summed E-state index contributed by atoms with van der Waals surface area (Å²) in [5.41, 5.74) is 6.68. The molecule has 1 rings (SSSR count). The molecule has 6 heteroatoms. The summed E-state index contributed by atoms with van der Waals surface area (Å²) in [7, 11) is 0. The molecule has 0 aliphatic rings. The molecule has 1 heterocycles. The van der Waals surface area contributed by atoms with Crippen LogP contribution in [0.5, 0.6) is 0 Å². The fraction of sp³-hybridized carbons (Fsp3) is 0.636. The number of rotatable bonds is 5. The monoisotopic (exact) mass is 266 g/mol. The van der Waals surface area contributed by atoms with Gasteiger partial charge in [-0.1, -0.05) is 6.92 Å². The van der Waals surface area contributed by atoms with Crippen LogP contribution in [-0.4, -0.2) is 30.2 Å². The maximum atomic E-state index is 12.5. The van der Waals surface area contributed by atoms with E-state index in [1.807, 2.05) is 16.8 Å². The van der Waals surface area contributed by atoms with Gasteiger partial charge in [-0.25, -0.2) is 0 Å². The number of halogens is 3. The lowest BCUT2D eigenvalue weighted by Gasteiger charge is -2.33. The van der Waals surface area contributed by atoms with Gasteiger partial charge in [-0.2, -0.15) is 24.5 Å². The van der Waals surface area contributed by atoms with Gasteiger partial charge in [0, 0.05) is 6.04 Å². The third-order valence-corrected chi connectivity index (χ3v) is 3.27. The predicted octanol–water partition coefficient (Wildman–Crippen LogP) is 3.02. The Balaban J connectivity index is 2.88. The van der Waals surface area contributed by atoms with Gasteiger partial charge in [-0.05, 0) is 35.9 Å². The molecular weight excluding hydrogens is 249 g/mol. The lowest BCUT2D eigenvalue weighted by atomic mass is 10.0. The molecule has 0 aliphatic heterocycles. The van der Waals surface area contributed by atoms with Crippen molar-refractivity contribution in [2.24, 2.45) is 5.73 Å². The highest BCUT2D eigenvalue weighted by atomic mass is 32.1. The van der Waals surface area contributed by atoms with Crippen LogP contribution in [0.2, 0.25) is 0 Å². The zero-order chi connectivity index (χ0) is 13.1. The molecule has 1 aromatic rings. The first-order chi connectivity index (χ1) is 7.85. The lowest BCUT2D eigenvalue weighted by Crippen LogP contribution is -2.43. The topological polar surface area (TPSA) is 29.3 Å². The summed E-state index contributed by atoms with van der Waals surface area (Å²) in [5.74, 6) is 0. The van der Waals surface area contributed by atoms with Crippen molar-refractivity contribution in [2.45, 2.75) is 32.1 Å². The number of alkyl halides is 3. The quantitative estimate of drug-likeness (QED) is 0.887. The van der Waals surface area contributed by atoms with Gasteiger partial charge in [0.25, 0.3) is 0 Å². The van der Waals surface area contributed by atoms with Crippen LogP contribution in [0.1, 0.15) is 25.5 Å². The van der Waals surface area contributed by atoms with Crippen LogP contribution < -0.4 is 5.73 Å². The Kier molecular flexibility index (Phi) is 4.97. The first kappa shape index (κ1) is 14.5. The summed E-state index contributed by atoms with van der Waals surface area (Å²) in [5, 5.41) is 3.71. The van der Waals surface area contributed by atoms with E-state index in [0.717, 1.165) is 5.56 Å². The Labute approximate surface area is 103 Å². The van der Waals surface area contributed by atoms with Crippen molar-refractivity contribution in [2.75, 3.05) is 13.1 Å². The molecule has 0 aromatic carbocycles. The standard InChI is InChI=1S/C11H17F3N2S/c1-3-16(7-11(12,13)14)10(8(2)15)9-4-5-17-6-9/h4-6,8,10H,3,7,15H2,1-2H3. The Bertz CT molecular complexity index is 322. The average molecular weight is 266 g/mol. The van der Waals surface area contributed by atoms with Gasteiger partial charge in [0.2, 0.25) is 0 Å². The first-order valence-electron chi connectivity index (χ1n) is 5.43. The summed E-state index contributed by atoms with van der Waals surface area (Å²) in [6.45, 7) is 2.85. The van der Waals surface area contributed by atoms with E-state index in [9.17, 15) is 13.2 Å². The number of nitrogens with zero attached hydrogens (tertiary/aromatic N) is 1. The molecule has 0 radical (unpaired) electrons. The largest absolute Gasteiger partial charge is 0.401 e. The van der Waals surface area contributed by atoms with E-state index in [4.69, 9.17) is 5.73 Å².